The molecule has 0 aliphatic heterocycles. The van der Waals surface area contributed by atoms with Gasteiger partial charge in [-0.25, -0.2) is 4.79 Å². The molecular formula is C27H18O3. The molecule has 0 atom stereocenters. The van der Waals surface area contributed by atoms with Crippen LogP contribution in [0.25, 0.3) is 22.3 Å². The van der Waals surface area contributed by atoms with Crippen molar-refractivity contribution in [3.05, 3.63) is 119 Å². The van der Waals surface area contributed by atoms with Crippen LogP contribution in [-0.4, -0.2) is 6.16 Å². The van der Waals surface area contributed by atoms with Gasteiger partial charge >= 0.3 is 6.16 Å². The maximum absolute atomic E-state index is 12.9. The first-order chi connectivity index (χ1) is 14.8. The molecule has 2 aliphatic rings. The quantitative estimate of drug-likeness (QED) is 0.358. The summed E-state index contributed by atoms with van der Waals surface area (Å²) in [5.74, 6) is 0. The minimum atomic E-state index is -0.664. The van der Waals surface area contributed by atoms with Crippen LogP contribution in [0.2, 0.25) is 0 Å². The highest BCUT2D eigenvalue weighted by Gasteiger charge is 2.35. The first-order valence-electron chi connectivity index (χ1n) is 10.0. The molecule has 3 nitrogen and oxygen atoms in total. The predicted octanol–water partition coefficient (Wildman–Crippen LogP) is 6.68. The zero-order valence-electron chi connectivity index (χ0n) is 16.1. The number of fused-ring (bicyclic) bond motifs is 6. The summed E-state index contributed by atoms with van der Waals surface area (Å²) >= 11 is 0. The van der Waals surface area contributed by atoms with Crippen molar-refractivity contribution >= 4 is 6.16 Å². The van der Waals surface area contributed by atoms with E-state index in [1.165, 1.54) is 0 Å². The lowest BCUT2D eigenvalue weighted by Crippen LogP contribution is -2.15. The lowest BCUT2D eigenvalue weighted by Gasteiger charge is -2.18. The smallest absolute Gasteiger partial charge is 0.421 e. The molecule has 0 heterocycles. The van der Waals surface area contributed by atoms with Crippen LogP contribution in [0, 0.1) is 0 Å². The monoisotopic (exact) mass is 390 g/mol. The van der Waals surface area contributed by atoms with E-state index in [0.29, 0.717) is 0 Å². The fourth-order valence-corrected chi connectivity index (χ4v) is 4.69. The maximum atomic E-state index is 12.9. The van der Waals surface area contributed by atoms with E-state index in [9.17, 15) is 4.79 Å². The fraction of sp³-hybridized carbons (Fsp3) is 0.0741. The van der Waals surface area contributed by atoms with Crippen LogP contribution >= 0.6 is 0 Å². The van der Waals surface area contributed by atoms with Crippen molar-refractivity contribution in [2.45, 2.75) is 12.2 Å². The number of hydrogen-bond donors (Lipinski definition) is 0. The first kappa shape index (κ1) is 17.0. The van der Waals surface area contributed by atoms with Gasteiger partial charge < -0.3 is 9.47 Å². The van der Waals surface area contributed by atoms with E-state index in [2.05, 4.69) is 24.3 Å². The van der Waals surface area contributed by atoms with Crippen molar-refractivity contribution < 1.29 is 14.3 Å². The summed E-state index contributed by atoms with van der Waals surface area (Å²) < 4.78 is 11.8. The Kier molecular flexibility index (Phi) is 3.75. The Balaban J connectivity index is 1.32. The Hall–Kier alpha value is -3.85. The zero-order chi connectivity index (χ0) is 20.1. The Bertz CT molecular complexity index is 1100. The highest BCUT2D eigenvalue weighted by molar-refractivity contribution is 5.81. The second-order valence-corrected chi connectivity index (χ2v) is 7.59. The third kappa shape index (κ3) is 2.49. The second kappa shape index (κ2) is 6.60. The Morgan fingerprint density at radius 3 is 1.03 bits per heavy atom. The highest BCUT2D eigenvalue weighted by atomic mass is 16.7. The summed E-state index contributed by atoms with van der Waals surface area (Å²) in [4.78, 5) is 12.9. The molecule has 0 unspecified atom stereocenters. The van der Waals surface area contributed by atoms with Crippen molar-refractivity contribution in [3.8, 4) is 22.3 Å². The molecule has 0 bridgehead atoms. The van der Waals surface area contributed by atoms with E-state index in [-0.39, 0.29) is 0 Å². The van der Waals surface area contributed by atoms with Gasteiger partial charge in [-0.05, 0) is 22.3 Å². The van der Waals surface area contributed by atoms with E-state index >= 15 is 0 Å². The van der Waals surface area contributed by atoms with Crippen LogP contribution in [0.1, 0.15) is 34.5 Å². The van der Waals surface area contributed by atoms with Crippen molar-refractivity contribution in [3.63, 3.8) is 0 Å². The average Bonchev–Trinajstić information content (AvgIpc) is 3.28. The van der Waals surface area contributed by atoms with Gasteiger partial charge in [0, 0.05) is 22.3 Å². The van der Waals surface area contributed by atoms with Gasteiger partial charge in [-0.2, -0.15) is 0 Å². The molecule has 3 heteroatoms. The largest absolute Gasteiger partial charge is 0.510 e. The molecule has 0 fully saturated rings. The van der Waals surface area contributed by atoms with Crippen molar-refractivity contribution in [1.82, 2.24) is 0 Å². The summed E-state index contributed by atoms with van der Waals surface area (Å²) in [7, 11) is 0. The number of carbonyl (C=O) groups excluding carboxylic acids is 1. The van der Waals surface area contributed by atoms with Gasteiger partial charge in [0.15, 0.2) is 12.2 Å². The number of carbonyl (C=O) groups is 1. The normalized spacial score (nSPS) is 13.9. The van der Waals surface area contributed by atoms with Crippen LogP contribution in [0.3, 0.4) is 0 Å². The molecular weight excluding hydrogens is 372 g/mol. The van der Waals surface area contributed by atoms with E-state index < -0.39 is 18.4 Å². The van der Waals surface area contributed by atoms with Gasteiger partial charge in [-0.1, -0.05) is 97.1 Å². The molecule has 0 saturated heterocycles. The second-order valence-electron chi connectivity index (χ2n) is 7.59. The fourth-order valence-electron chi connectivity index (χ4n) is 4.69. The summed E-state index contributed by atoms with van der Waals surface area (Å²) in [6.45, 7) is 0. The maximum Gasteiger partial charge on any atom is 0.510 e. The SMILES string of the molecule is O=C(OC1c2ccccc2-c2ccccc21)OC1c2ccccc2-c2ccccc21. The molecule has 4 aromatic carbocycles. The average molecular weight is 390 g/mol. The standard InChI is InChI=1S/C27H18O3/c28-27(29-25-21-13-5-1-9-17(21)18-10-2-6-14-22(18)25)30-26-23-15-7-3-11-19(23)20-12-4-8-16-24(20)26/h1-16,25-26H. The first-order valence-corrected chi connectivity index (χ1v) is 10.0. The minimum absolute atomic E-state index is 0.461. The predicted molar refractivity (Wildman–Crippen MR) is 115 cm³/mol. The highest BCUT2D eigenvalue weighted by Crippen LogP contribution is 2.47. The van der Waals surface area contributed by atoms with Gasteiger partial charge in [0.25, 0.3) is 0 Å². The van der Waals surface area contributed by atoms with Crippen molar-refractivity contribution in [2.24, 2.45) is 0 Å². The van der Waals surface area contributed by atoms with E-state index in [0.717, 1.165) is 44.5 Å². The molecule has 2 aliphatic carbocycles. The molecule has 0 saturated carbocycles. The van der Waals surface area contributed by atoms with Crippen LogP contribution in [0.4, 0.5) is 4.79 Å². The van der Waals surface area contributed by atoms with Crippen molar-refractivity contribution in [1.29, 1.82) is 0 Å². The topological polar surface area (TPSA) is 35.5 Å². The summed E-state index contributed by atoms with van der Waals surface area (Å²) in [6, 6.07) is 32.2. The van der Waals surface area contributed by atoms with Crippen LogP contribution in [-0.2, 0) is 9.47 Å². The molecule has 0 radical (unpaired) electrons. The molecule has 0 N–H and O–H groups in total. The number of hydrogen-bond acceptors (Lipinski definition) is 3. The molecule has 0 amide bonds. The molecule has 144 valence electrons. The molecule has 30 heavy (non-hydrogen) atoms. The summed E-state index contributed by atoms with van der Waals surface area (Å²) in [5.41, 5.74) is 8.35. The number of ether oxygens (including phenoxy) is 2. The third-order valence-corrected chi connectivity index (χ3v) is 5.98. The summed E-state index contributed by atoms with van der Waals surface area (Å²) in [5, 5.41) is 0. The van der Waals surface area contributed by atoms with Gasteiger partial charge in [0.1, 0.15) is 0 Å². The molecule has 0 spiro atoms. The van der Waals surface area contributed by atoms with E-state index in [1.807, 2.05) is 72.8 Å². The molecule has 6 rings (SSSR count). The summed E-state index contributed by atoms with van der Waals surface area (Å²) in [6.07, 6.45) is -1.59. The van der Waals surface area contributed by atoms with Crippen LogP contribution in [0.15, 0.2) is 97.1 Å². The van der Waals surface area contributed by atoms with Gasteiger partial charge in [-0.15, -0.1) is 0 Å². The molecule has 0 aromatic heterocycles. The van der Waals surface area contributed by atoms with Crippen LogP contribution in [0.5, 0.6) is 0 Å². The van der Waals surface area contributed by atoms with Crippen LogP contribution < -0.4 is 0 Å². The van der Waals surface area contributed by atoms with Gasteiger partial charge in [0.05, 0.1) is 0 Å². The third-order valence-electron chi connectivity index (χ3n) is 5.98. The lowest BCUT2D eigenvalue weighted by atomic mass is 10.1. The van der Waals surface area contributed by atoms with E-state index in [4.69, 9.17) is 9.47 Å². The Morgan fingerprint density at radius 2 is 0.733 bits per heavy atom. The van der Waals surface area contributed by atoms with E-state index in [1.54, 1.807) is 0 Å². The lowest BCUT2D eigenvalue weighted by molar-refractivity contribution is 0.0186. The van der Waals surface area contributed by atoms with Gasteiger partial charge in [-0.3, -0.25) is 0 Å². The zero-order valence-corrected chi connectivity index (χ0v) is 16.1. The Labute approximate surface area is 174 Å². The van der Waals surface area contributed by atoms with Gasteiger partial charge in [0.2, 0.25) is 0 Å². The number of benzene rings is 4. The molecule has 4 aromatic rings. The van der Waals surface area contributed by atoms with Crippen molar-refractivity contribution in [2.75, 3.05) is 0 Å². The number of rotatable bonds is 2. The Morgan fingerprint density at radius 1 is 0.467 bits per heavy atom. The minimum Gasteiger partial charge on any atom is -0.421 e.